The number of anilines is 1. The van der Waals surface area contributed by atoms with Crippen molar-refractivity contribution in [1.29, 1.82) is 0 Å². The van der Waals surface area contributed by atoms with Gasteiger partial charge in [-0.1, -0.05) is 6.07 Å². The summed E-state index contributed by atoms with van der Waals surface area (Å²) in [5, 5.41) is 14.9. The zero-order valence-electron chi connectivity index (χ0n) is 19.7. The third-order valence-corrected chi connectivity index (χ3v) is 5.78. The predicted molar refractivity (Wildman–Crippen MR) is 127 cm³/mol. The molecule has 0 radical (unpaired) electrons. The van der Waals surface area contributed by atoms with E-state index in [0.717, 1.165) is 17.1 Å². The molecule has 4 N–H and O–H groups in total. The number of nitrogens with zero attached hydrogens (tertiary/aromatic N) is 3. The van der Waals surface area contributed by atoms with Gasteiger partial charge in [-0.3, -0.25) is 19.7 Å². The predicted octanol–water partition coefficient (Wildman–Crippen LogP) is 1.73. The number of aromatic nitrogens is 2. The smallest absolute Gasteiger partial charge is 0.273 e. The molecular weight excluding hydrogens is 450 g/mol. The number of hydrogen-bond donors (Lipinski definition) is 4. The van der Waals surface area contributed by atoms with Gasteiger partial charge in [-0.25, -0.2) is 5.01 Å². The maximum Gasteiger partial charge on any atom is 0.273 e. The fraction of sp³-hybridized carbons (Fsp3) is 0.292. The van der Waals surface area contributed by atoms with Crippen LogP contribution < -0.4 is 26.1 Å². The third kappa shape index (κ3) is 4.99. The first-order chi connectivity index (χ1) is 16.8. The fourth-order valence-electron chi connectivity index (χ4n) is 3.88. The zero-order valence-corrected chi connectivity index (χ0v) is 19.7. The van der Waals surface area contributed by atoms with E-state index in [-0.39, 0.29) is 17.7 Å². The van der Waals surface area contributed by atoms with Gasteiger partial charge in [-0.05, 0) is 37.6 Å². The number of allylic oxidation sites excluding steroid dienone is 2. The van der Waals surface area contributed by atoms with E-state index >= 15 is 0 Å². The molecule has 1 aromatic carbocycles. The van der Waals surface area contributed by atoms with E-state index in [9.17, 15) is 9.59 Å². The van der Waals surface area contributed by atoms with Crippen LogP contribution in [0.5, 0.6) is 5.75 Å². The van der Waals surface area contributed by atoms with Crippen LogP contribution in [0.1, 0.15) is 28.2 Å². The second-order valence-corrected chi connectivity index (χ2v) is 8.72. The number of benzene rings is 1. The number of amides is 2. The van der Waals surface area contributed by atoms with Crippen molar-refractivity contribution in [3.05, 3.63) is 77.1 Å². The SMILES string of the molecule is Cc1cc(C(=O)Nc2cc(OC3=CC=C4NC(NC(=O)CC5COC5)=CN4N3)ccc2C)n(C)n1. The molecule has 0 bridgehead atoms. The van der Waals surface area contributed by atoms with E-state index in [4.69, 9.17) is 9.47 Å². The highest BCUT2D eigenvalue weighted by atomic mass is 16.5. The lowest BCUT2D eigenvalue weighted by atomic mass is 10.0. The van der Waals surface area contributed by atoms with Crippen molar-refractivity contribution in [2.24, 2.45) is 13.0 Å². The topological polar surface area (TPSA) is 122 Å². The Morgan fingerprint density at radius 1 is 1.20 bits per heavy atom. The van der Waals surface area contributed by atoms with Crippen LogP contribution in [0.3, 0.4) is 0 Å². The Hall–Kier alpha value is -4.25. The average Bonchev–Trinajstić information content (AvgIpc) is 3.34. The molecule has 3 aliphatic rings. The average molecular weight is 478 g/mol. The summed E-state index contributed by atoms with van der Waals surface area (Å²) in [7, 11) is 1.74. The number of hydrazine groups is 1. The Bertz CT molecular complexity index is 1270. The normalized spacial score (nSPS) is 16.7. The second kappa shape index (κ2) is 9.18. The van der Waals surface area contributed by atoms with E-state index in [2.05, 4.69) is 26.5 Å². The Morgan fingerprint density at radius 3 is 2.74 bits per heavy atom. The molecular formula is C24H27N7O4. The molecule has 4 heterocycles. The Balaban J connectivity index is 1.21. The molecule has 3 aliphatic heterocycles. The van der Waals surface area contributed by atoms with Crippen LogP contribution in [-0.4, -0.2) is 39.8 Å². The lowest BCUT2D eigenvalue weighted by Gasteiger charge is -2.25. The molecule has 0 spiro atoms. The van der Waals surface area contributed by atoms with Gasteiger partial charge in [0.25, 0.3) is 5.91 Å². The van der Waals surface area contributed by atoms with E-state index < -0.39 is 0 Å². The highest BCUT2D eigenvalue weighted by Crippen LogP contribution is 2.25. The number of rotatable bonds is 7. The van der Waals surface area contributed by atoms with Gasteiger partial charge in [-0.2, -0.15) is 5.10 Å². The van der Waals surface area contributed by atoms with Crippen molar-refractivity contribution >= 4 is 17.5 Å². The quantitative estimate of drug-likeness (QED) is 0.476. The van der Waals surface area contributed by atoms with Gasteiger partial charge >= 0.3 is 0 Å². The van der Waals surface area contributed by atoms with Crippen molar-refractivity contribution in [2.75, 3.05) is 18.5 Å². The molecule has 11 nitrogen and oxygen atoms in total. The third-order valence-electron chi connectivity index (χ3n) is 5.78. The zero-order chi connectivity index (χ0) is 24.5. The highest BCUT2D eigenvalue weighted by Gasteiger charge is 2.26. The molecule has 0 saturated carbocycles. The van der Waals surface area contributed by atoms with Crippen LogP contribution in [0.15, 0.2) is 60.1 Å². The van der Waals surface area contributed by atoms with Gasteiger partial charge in [0.05, 0.1) is 25.1 Å². The second-order valence-electron chi connectivity index (χ2n) is 8.72. The summed E-state index contributed by atoms with van der Waals surface area (Å²) in [6.45, 7) is 5.02. The van der Waals surface area contributed by atoms with Crippen molar-refractivity contribution in [3.8, 4) is 5.75 Å². The lowest BCUT2D eigenvalue weighted by Crippen LogP contribution is -2.37. The molecule has 35 heavy (non-hydrogen) atoms. The molecule has 11 heteroatoms. The maximum atomic E-state index is 12.7. The highest BCUT2D eigenvalue weighted by molar-refractivity contribution is 6.03. The summed E-state index contributed by atoms with van der Waals surface area (Å²) >= 11 is 0. The number of nitrogens with one attached hydrogen (secondary N) is 4. The first-order valence-corrected chi connectivity index (χ1v) is 11.3. The molecule has 2 amide bonds. The fourth-order valence-corrected chi connectivity index (χ4v) is 3.88. The Labute approximate surface area is 202 Å². The maximum absolute atomic E-state index is 12.7. The molecule has 1 saturated heterocycles. The summed E-state index contributed by atoms with van der Waals surface area (Å²) in [6.07, 6.45) is 5.79. The van der Waals surface area contributed by atoms with Crippen molar-refractivity contribution in [2.45, 2.75) is 20.3 Å². The van der Waals surface area contributed by atoms with E-state index in [1.807, 2.05) is 32.1 Å². The van der Waals surface area contributed by atoms with Gasteiger partial charge in [-0.15, -0.1) is 0 Å². The summed E-state index contributed by atoms with van der Waals surface area (Å²) in [5.74, 6) is 2.35. The number of aryl methyl sites for hydroxylation is 3. The van der Waals surface area contributed by atoms with Crippen LogP contribution in [-0.2, 0) is 16.6 Å². The lowest BCUT2D eigenvalue weighted by molar-refractivity contribution is -0.125. The number of hydrogen-bond acceptors (Lipinski definition) is 8. The molecule has 0 atom stereocenters. The molecule has 0 aliphatic carbocycles. The summed E-state index contributed by atoms with van der Waals surface area (Å²) < 4.78 is 12.7. The van der Waals surface area contributed by atoms with Crippen LogP contribution in [0.4, 0.5) is 5.69 Å². The van der Waals surface area contributed by atoms with Gasteiger partial charge < -0.3 is 25.4 Å². The van der Waals surface area contributed by atoms with Gasteiger partial charge in [0.15, 0.2) is 0 Å². The minimum atomic E-state index is -0.247. The van der Waals surface area contributed by atoms with Crippen LogP contribution in [0.2, 0.25) is 0 Å². The summed E-state index contributed by atoms with van der Waals surface area (Å²) in [6, 6.07) is 7.21. The van der Waals surface area contributed by atoms with Gasteiger partial charge in [0.1, 0.15) is 23.1 Å². The first-order valence-electron chi connectivity index (χ1n) is 11.3. The first kappa shape index (κ1) is 22.5. The number of carbonyl (C=O) groups excluding carboxylic acids is 2. The van der Waals surface area contributed by atoms with Crippen LogP contribution in [0, 0.1) is 19.8 Å². The molecule has 2 aromatic rings. The van der Waals surface area contributed by atoms with Crippen LogP contribution >= 0.6 is 0 Å². The number of carbonyl (C=O) groups is 2. The Morgan fingerprint density at radius 2 is 2.03 bits per heavy atom. The molecule has 182 valence electrons. The minimum absolute atomic E-state index is 0.0579. The van der Waals surface area contributed by atoms with Crippen molar-refractivity contribution < 1.29 is 19.1 Å². The standard InChI is InChI=1S/C24H27N7O4/c1-14-4-5-17(10-18(14)25-24(33)19-8-15(2)28-30(19)3)35-23-7-6-21-26-20(11-31(21)29-23)27-22(32)9-16-12-34-13-16/h4-8,10-11,16,26,29H,9,12-13H2,1-3H3,(H,25,33)(H,27,32). The molecule has 1 fully saturated rings. The molecule has 5 rings (SSSR count). The minimum Gasteiger partial charge on any atom is -0.440 e. The van der Waals surface area contributed by atoms with Crippen LogP contribution in [0.25, 0.3) is 0 Å². The van der Waals surface area contributed by atoms with E-state index in [0.29, 0.717) is 48.5 Å². The summed E-state index contributed by atoms with van der Waals surface area (Å²) in [4.78, 5) is 24.9. The van der Waals surface area contributed by atoms with Gasteiger partial charge in [0.2, 0.25) is 11.8 Å². The van der Waals surface area contributed by atoms with E-state index in [1.165, 1.54) is 0 Å². The van der Waals surface area contributed by atoms with Crippen molar-refractivity contribution in [3.63, 3.8) is 0 Å². The van der Waals surface area contributed by atoms with E-state index in [1.54, 1.807) is 41.1 Å². The van der Waals surface area contributed by atoms with Crippen molar-refractivity contribution in [1.82, 2.24) is 30.8 Å². The molecule has 1 aromatic heterocycles. The summed E-state index contributed by atoms with van der Waals surface area (Å²) in [5.41, 5.74) is 5.92. The molecule has 0 unspecified atom stereocenters. The monoisotopic (exact) mass is 477 g/mol. The largest absolute Gasteiger partial charge is 0.440 e. The number of fused-ring (bicyclic) bond motifs is 1. The Kier molecular flexibility index (Phi) is 5.91. The number of ether oxygens (including phenoxy) is 2. The van der Waals surface area contributed by atoms with Gasteiger partial charge in [0, 0.05) is 37.2 Å².